The van der Waals surface area contributed by atoms with Crippen molar-refractivity contribution < 1.29 is 27.6 Å². The lowest BCUT2D eigenvalue weighted by Crippen LogP contribution is -2.51. The van der Waals surface area contributed by atoms with Crippen molar-refractivity contribution in [3.63, 3.8) is 0 Å². The predicted molar refractivity (Wildman–Crippen MR) is 172 cm³/mol. The van der Waals surface area contributed by atoms with Gasteiger partial charge in [0, 0.05) is 55.1 Å². The molecule has 1 amide bonds. The van der Waals surface area contributed by atoms with Crippen molar-refractivity contribution in [3.8, 4) is 0 Å². The van der Waals surface area contributed by atoms with Crippen LogP contribution in [0.15, 0.2) is 102 Å². The number of carbonyl (C=O) groups excluding carboxylic acids is 3. The molecule has 1 aliphatic heterocycles. The highest BCUT2D eigenvalue weighted by Gasteiger charge is 2.29. The number of halogens is 3. The Bertz CT molecular complexity index is 2040. The summed E-state index contributed by atoms with van der Waals surface area (Å²) in [6.45, 7) is 1.30. The average Bonchev–Trinajstić information content (AvgIpc) is 3.06. The molecule has 4 aromatic carbocycles. The summed E-state index contributed by atoms with van der Waals surface area (Å²) in [6.07, 6.45) is 0.493. The molecule has 1 aromatic heterocycles. The lowest BCUT2D eigenvalue weighted by Gasteiger charge is -2.36. The third-order valence-corrected chi connectivity index (χ3v) is 8.31. The Morgan fingerprint density at radius 3 is 2.15 bits per heavy atom. The molecule has 10 heteroatoms. The van der Waals surface area contributed by atoms with Crippen LogP contribution in [0, 0.1) is 17.5 Å². The van der Waals surface area contributed by atoms with Crippen molar-refractivity contribution in [1.29, 1.82) is 0 Å². The topological polar surface area (TPSA) is 79.7 Å². The molecule has 0 spiro atoms. The molecule has 0 radical (unpaired) electrons. The number of hydrogen-bond donors (Lipinski definition) is 0. The summed E-state index contributed by atoms with van der Waals surface area (Å²) in [5.41, 5.74) is 0.623. The van der Waals surface area contributed by atoms with E-state index in [0.717, 1.165) is 39.2 Å². The third-order valence-electron chi connectivity index (χ3n) is 8.31. The minimum Gasteiger partial charge on any atom is -0.367 e. The van der Waals surface area contributed by atoms with E-state index in [9.17, 15) is 32.3 Å². The molecule has 2 heterocycles. The van der Waals surface area contributed by atoms with Crippen LogP contribution in [0.5, 0.6) is 0 Å². The molecule has 0 saturated carbocycles. The average molecular weight is 638 g/mol. The molecule has 0 atom stereocenters. The number of piperazine rings is 1. The fourth-order valence-corrected chi connectivity index (χ4v) is 6.00. The number of anilines is 1. The summed E-state index contributed by atoms with van der Waals surface area (Å²) < 4.78 is 43.4. The zero-order valence-corrected chi connectivity index (χ0v) is 25.3. The van der Waals surface area contributed by atoms with E-state index in [2.05, 4.69) is 4.90 Å². The summed E-state index contributed by atoms with van der Waals surface area (Å²) in [5, 5.41) is 2.18. The molecule has 5 aromatic rings. The first-order valence-corrected chi connectivity index (χ1v) is 15.2. The summed E-state index contributed by atoms with van der Waals surface area (Å²) >= 11 is 0. The molecule has 0 unspecified atom stereocenters. The zero-order chi connectivity index (χ0) is 33.1. The molecule has 0 N–H and O–H groups in total. The van der Waals surface area contributed by atoms with Gasteiger partial charge in [0.2, 0.25) is 5.78 Å². The van der Waals surface area contributed by atoms with Gasteiger partial charge in [-0.05, 0) is 53.3 Å². The van der Waals surface area contributed by atoms with Crippen molar-refractivity contribution >= 4 is 33.9 Å². The molecular weight excluding hydrogens is 607 g/mol. The van der Waals surface area contributed by atoms with E-state index in [0.29, 0.717) is 18.7 Å². The number of pyridine rings is 1. The van der Waals surface area contributed by atoms with Gasteiger partial charge in [0.15, 0.2) is 5.78 Å². The highest BCUT2D eigenvalue weighted by Crippen LogP contribution is 2.27. The number of benzene rings is 4. The quantitative estimate of drug-likeness (QED) is 0.120. The van der Waals surface area contributed by atoms with E-state index < -0.39 is 46.9 Å². The van der Waals surface area contributed by atoms with Crippen LogP contribution < -0.4 is 10.5 Å². The summed E-state index contributed by atoms with van der Waals surface area (Å²) in [7, 11) is 0. The molecule has 6 rings (SSSR count). The van der Waals surface area contributed by atoms with Gasteiger partial charge in [0.25, 0.3) is 11.5 Å². The monoisotopic (exact) mass is 637 g/mol. The first-order valence-electron chi connectivity index (χ1n) is 15.2. The largest absolute Gasteiger partial charge is 0.367 e. The number of hydrogen-bond acceptors (Lipinski definition) is 5. The fraction of sp³-hybridized carbons (Fsp3) is 0.189. The Hall–Kier alpha value is -5.51. The van der Waals surface area contributed by atoms with Crippen LogP contribution in [0.4, 0.5) is 18.9 Å². The van der Waals surface area contributed by atoms with Gasteiger partial charge in [-0.1, -0.05) is 54.6 Å². The second-order valence-corrected chi connectivity index (χ2v) is 11.5. The lowest BCUT2D eigenvalue weighted by molar-refractivity contribution is -0.144. The standard InChI is InChI=1S/C37H30F3N3O4/c38-28-17-24(18-29(39)20-28)16-25-19-31(36(46)43(22-25)23-27-7-2-4-10-32(27)40)34(44)21-35(45)37(47)42-14-12-41(13-15-42)33-11-5-8-26-6-1-3-9-30(26)33/h1-11,17-20,22H,12-16,21,23H2. The van der Waals surface area contributed by atoms with Crippen molar-refractivity contribution in [2.45, 2.75) is 19.4 Å². The van der Waals surface area contributed by atoms with Crippen LogP contribution in [-0.2, 0) is 22.6 Å². The van der Waals surface area contributed by atoms with E-state index in [4.69, 9.17) is 0 Å². The molecule has 7 nitrogen and oxygen atoms in total. The van der Waals surface area contributed by atoms with Gasteiger partial charge in [0.1, 0.15) is 17.5 Å². The van der Waals surface area contributed by atoms with Gasteiger partial charge in [-0.2, -0.15) is 0 Å². The molecule has 47 heavy (non-hydrogen) atoms. The van der Waals surface area contributed by atoms with Crippen molar-refractivity contribution in [1.82, 2.24) is 9.47 Å². The van der Waals surface area contributed by atoms with E-state index >= 15 is 0 Å². The molecule has 1 fully saturated rings. The van der Waals surface area contributed by atoms with E-state index in [1.165, 1.54) is 35.4 Å². The second kappa shape index (κ2) is 13.5. The molecule has 1 saturated heterocycles. The summed E-state index contributed by atoms with van der Waals surface area (Å²) in [5.74, 6) is -4.79. The number of ketones is 2. The number of aromatic nitrogens is 1. The summed E-state index contributed by atoms with van der Waals surface area (Å²) in [4.78, 5) is 56.6. The van der Waals surface area contributed by atoms with Gasteiger partial charge >= 0.3 is 0 Å². The molecule has 0 aliphatic carbocycles. The lowest BCUT2D eigenvalue weighted by atomic mass is 10.0. The minimum absolute atomic E-state index is 0.0552. The van der Waals surface area contributed by atoms with Gasteiger partial charge in [-0.25, -0.2) is 13.2 Å². The van der Waals surface area contributed by atoms with Gasteiger partial charge in [-0.3, -0.25) is 19.2 Å². The van der Waals surface area contributed by atoms with Gasteiger partial charge in [0.05, 0.1) is 18.5 Å². The Balaban J connectivity index is 1.19. The maximum atomic E-state index is 14.5. The Labute approximate surface area is 268 Å². The highest BCUT2D eigenvalue weighted by atomic mass is 19.1. The molecule has 0 bridgehead atoms. The molecule has 1 aliphatic rings. The van der Waals surface area contributed by atoms with E-state index in [1.54, 1.807) is 6.07 Å². The fourth-order valence-electron chi connectivity index (χ4n) is 6.00. The maximum Gasteiger partial charge on any atom is 0.290 e. The predicted octanol–water partition coefficient (Wildman–Crippen LogP) is 5.55. The Morgan fingerprint density at radius 1 is 0.723 bits per heavy atom. The first kappa shape index (κ1) is 31.5. The SMILES string of the molecule is O=C(CC(=O)c1cc(Cc2cc(F)cc(F)c2)cn(Cc2ccccc2F)c1=O)C(=O)N1CCN(c2cccc3ccccc23)CC1. The van der Waals surface area contributed by atoms with E-state index in [-0.39, 0.29) is 42.7 Å². The number of carbonyl (C=O) groups is 3. The van der Waals surface area contributed by atoms with Crippen molar-refractivity contribution in [3.05, 3.63) is 147 Å². The van der Waals surface area contributed by atoms with Crippen LogP contribution in [-0.4, -0.2) is 53.1 Å². The van der Waals surface area contributed by atoms with Crippen LogP contribution in [0.1, 0.15) is 33.5 Å². The van der Waals surface area contributed by atoms with Crippen molar-refractivity contribution in [2.75, 3.05) is 31.1 Å². The Kier molecular flexibility index (Phi) is 9.01. The van der Waals surface area contributed by atoms with Crippen LogP contribution in [0.25, 0.3) is 10.8 Å². The molecular formula is C37H30F3N3O4. The normalized spacial score (nSPS) is 13.2. The maximum absolute atomic E-state index is 14.5. The van der Waals surface area contributed by atoms with Crippen LogP contribution >= 0.6 is 0 Å². The number of Topliss-reactive ketones (excluding diaryl/α,β-unsaturated/α-hetero) is 2. The number of fused-ring (bicyclic) bond motifs is 1. The minimum atomic E-state index is -0.953. The summed E-state index contributed by atoms with van der Waals surface area (Å²) in [6, 6.07) is 24.1. The smallest absolute Gasteiger partial charge is 0.290 e. The first-order chi connectivity index (χ1) is 22.7. The number of rotatable bonds is 9. The number of nitrogens with zero attached hydrogens (tertiary/aromatic N) is 3. The molecule has 238 valence electrons. The van der Waals surface area contributed by atoms with Crippen LogP contribution in [0.3, 0.4) is 0 Å². The van der Waals surface area contributed by atoms with Crippen molar-refractivity contribution in [2.24, 2.45) is 0 Å². The zero-order valence-electron chi connectivity index (χ0n) is 25.3. The van der Waals surface area contributed by atoms with Gasteiger partial charge < -0.3 is 14.4 Å². The Morgan fingerprint density at radius 2 is 1.40 bits per heavy atom. The third kappa shape index (κ3) is 7.01. The van der Waals surface area contributed by atoms with E-state index in [1.807, 2.05) is 42.5 Å². The highest BCUT2D eigenvalue weighted by molar-refractivity contribution is 6.40. The number of amides is 1. The second-order valence-electron chi connectivity index (χ2n) is 11.5. The van der Waals surface area contributed by atoms with Gasteiger partial charge in [-0.15, -0.1) is 0 Å². The van der Waals surface area contributed by atoms with Crippen LogP contribution in [0.2, 0.25) is 0 Å².